The number of carbonyl (C=O) groups excluding carboxylic acids is 1. The van der Waals surface area contributed by atoms with Gasteiger partial charge in [0.25, 0.3) is 0 Å². The van der Waals surface area contributed by atoms with Gasteiger partial charge in [-0.1, -0.05) is 76.7 Å². The fourth-order valence-electron chi connectivity index (χ4n) is 2.76. The lowest BCUT2D eigenvalue weighted by Gasteiger charge is -2.12. The quantitative estimate of drug-likeness (QED) is 0.226. The molecule has 3 aromatic rings. The van der Waals surface area contributed by atoms with Crippen LogP contribution in [0.3, 0.4) is 0 Å². The molecular weight excluding hydrogens is 482 g/mol. The third-order valence-electron chi connectivity index (χ3n) is 4.21. The molecule has 0 aliphatic carbocycles. The SMILES string of the molecule is O=C(OCCCOc1c(Cl)cc(OCC=C(Cl)Cl)cc1Cl)c1ccc2ccccc2c1. The molecule has 0 saturated carbocycles. The molecule has 0 bridgehead atoms. The number of halogens is 4. The van der Waals surface area contributed by atoms with Crippen LogP contribution >= 0.6 is 46.4 Å². The van der Waals surface area contributed by atoms with Crippen molar-refractivity contribution in [2.45, 2.75) is 6.42 Å². The molecular formula is C23H18Cl4O4. The van der Waals surface area contributed by atoms with E-state index in [-0.39, 0.29) is 30.3 Å². The summed E-state index contributed by atoms with van der Waals surface area (Å²) < 4.78 is 16.5. The summed E-state index contributed by atoms with van der Waals surface area (Å²) in [5.41, 5.74) is 0.506. The lowest BCUT2D eigenvalue weighted by Crippen LogP contribution is -2.09. The van der Waals surface area contributed by atoms with Crippen molar-refractivity contribution >= 4 is 63.1 Å². The van der Waals surface area contributed by atoms with E-state index in [1.807, 2.05) is 36.4 Å². The summed E-state index contributed by atoms with van der Waals surface area (Å²) in [6.45, 7) is 0.653. The van der Waals surface area contributed by atoms with Gasteiger partial charge < -0.3 is 14.2 Å². The van der Waals surface area contributed by atoms with Crippen molar-refractivity contribution in [1.29, 1.82) is 0 Å². The Morgan fingerprint density at radius 1 is 0.871 bits per heavy atom. The van der Waals surface area contributed by atoms with Gasteiger partial charge in [0.15, 0.2) is 5.75 Å². The minimum absolute atomic E-state index is 0.110. The Balaban J connectivity index is 1.46. The van der Waals surface area contributed by atoms with Crippen molar-refractivity contribution < 1.29 is 19.0 Å². The van der Waals surface area contributed by atoms with E-state index in [9.17, 15) is 4.79 Å². The summed E-state index contributed by atoms with van der Waals surface area (Å²) in [6, 6.07) is 16.4. The molecule has 0 heterocycles. The van der Waals surface area contributed by atoms with Crippen LogP contribution < -0.4 is 9.47 Å². The predicted molar refractivity (Wildman–Crippen MR) is 126 cm³/mol. The molecule has 31 heavy (non-hydrogen) atoms. The molecule has 0 aliphatic rings. The molecule has 0 saturated heterocycles. The highest BCUT2D eigenvalue weighted by Crippen LogP contribution is 2.37. The van der Waals surface area contributed by atoms with Crippen LogP contribution in [0.15, 0.2) is 65.2 Å². The summed E-state index contributed by atoms with van der Waals surface area (Å²) in [4.78, 5) is 12.3. The Morgan fingerprint density at radius 2 is 1.58 bits per heavy atom. The summed E-state index contributed by atoms with van der Waals surface area (Å²) in [5.74, 6) is 0.411. The maximum Gasteiger partial charge on any atom is 0.338 e. The standard InChI is InChI=1S/C23H18Cl4O4/c24-19-13-18(29-11-8-21(26)27)14-20(25)22(19)30-9-3-10-31-23(28)17-7-6-15-4-1-2-5-16(15)12-17/h1-2,4-8,12-14H,3,9-11H2. The maximum atomic E-state index is 12.3. The Hall–Kier alpha value is -2.11. The lowest BCUT2D eigenvalue weighted by atomic mass is 10.1. The monoisotopic (exact) mass is 498 g/mol. The summed E-state index contributed by atoms with van der Waals surface area (Å²) in [6.07, 6.45) is 1.97. The van der Waals surface area contributed by atoms with Crippen LogP contribution in [-0.4, -0.2) is 25.8 Å². The van der Waals surface area contributed by atoms with Crippen molar-refractivity contribution in [2.75, 3.05) is 19.8 Å². The number of esters is 1. The molecule has 0 atom stereocenters. The van der Waals surface area contributed by atoms with Gasteiger partial charge in [0.1, 0.15) is 16.8 Å². The maximum absolute atomic E-state index is 12.3. The minimum atomic E-state index is -0.380. The van der Waals surface area contributed by atoms with Crippen molar-refractivity contribution in [1.82, 2.24) is 0 Å². The van der Waals surface area contributed by atoms with E-state index in [2.05, 4.69) is 0 Å². The molecule has 0 amide bonds. The topological polar surface area (TPSA) is 44.8 Å². The molecule has 0 aliphatic heterocycles. The molecule has 0 fully saturated rings. The minimum Gasteiger partial charge on any atom is -0.490 e. The van der Waals surface area contributed by atoms with Crippen molar-refractivity contribution in [3.63, 3.8) is 0 Å². The predicted octanol–water partition coefficient (Wildman–Crippen LogP) is 7.47. The summed E-state index contributed by atoms with van der Waals surface area (Å²) in [7, 11) is 0. The fourth-order valence-corrected chi connectivity index (χ4v) is 3.46. The van der Waals surface area contributed by atoms with Gasteiger partial charge in [0.2, 0.25) is 0 Å². The number of benzene rings is 3. The van der Waals surface area contributed by atoms with Crippen LogP contribution in [0, 0.1) is 0 Å². The van der Waals surface area contributed by atoms with Gasteiger partial charge in [-0.3, -0.25) is 0 Å². The van der Waals surface area contributed by atoms with Gasteiger partial charge >= 0.3 is 5.97 Å². The van der Waals surface area contributed by atoms with E-state index in [1.165, 1.54) is 6.08 Å². The molecule has 3 aromatic carbocycles. The highest BCUT2D eigenvalue weighted by atomic mass is 35.5. The smallest absolute Gasteiger partial charge is 0.338 e. The van der Waals surface area contributed by atoms with Gasteiger partial charge in [-0.15, -0.1) is 0 Å². The van der Waals surface area contributed by atoms with Crippen LogP contribution in [-0.2, 0) is 4.74 Å². The summed E-state index contributed by atoms with van der Waals surface area (Å²) >= 11 is 23.5. The molecule has 8 heteroatoms. The van der Waals surface area contributed by atoms with Gasteiger partial charge in [-0.2, -0.15) is 0 Å². The van der Waals surface area contributed by atoms with Crippen LogP contribution in [0.4, 0.5) is 0 Å². The fraction of sp³-hybridized carbons (Fsp3) is 0.174. The van der Waals surface area contributed by atoms with E-state index in [1.54, 1.807) is 18.2 Å². The lowest BCUT2D eigenvalue weighted by molar-refractivity contribution is 0.0486. The van der Waals surface area contributed by atoms with Gasteiger partial charge in [0, 0.05) is 18.6 Å². The van der Waals surface area contributed by atoms with E-state index in [4.69, 9.17) is 60.6 Å². The van der Waals surface area contributed by atoms with Crippen molar-refractivity contribution in [3.8, 4) is 11.5 Å². The zero-order valence-corrected chi connectivity index (χ0v) is 19.3. The third-order valence-corrected chi connectivity index (χ3v) is 5.08. The first kappa shape index (κ1) is 23.6. The Morgan fingerprint density at radius 3 is 2.29 bits per heavy atom. The molecule has 3 rings (SSSR count). The van der Waals surface area contributed by atoms with Crippen molar-refractivity contribution in [3.05, 3.63) is 80.8 Å². The molecule has 4 nitrogen and oxygen atoms in total. The zero-order valence-electron chi connectivity index (χ0n) is 16.2. The van der Waals surface area contributed by atoms with Crippen LogP contribution in [0.5, 0.6) is 11.5 Å². The molecule has 0 aromatic heterocycles. The van der Waals surface area contributed by atoms with E-state index >= 15 is 0 Å². The largest absolute Gasteiger partial charge is 0.490 e. The van der Waals surface area contributed by atoms with E-state index in [0.29, 0.717) is 33.5 Å². The Labute approximate surface area is 200 Å². The molecule has 0 spiro atoms. The number of rotatable bonds is 9. The molecule has 0 N–H and O–H groups in total. The molecule has 162 valence electrons. The first-order valence-corrected chi connectivity index (χ1v) is 10.9. The normalized spacial score (nSPS) is 10.6. The molecule has 0 radical (unpaired) electrons. The number of hydrogen-bond acceptors (Lipinski definition) is 4. The first-order chi connectivity index (χ1) is 14.9. The van der Waals surface area contributed by atoms with Crippen LogP contribution in [0.1, 0.15) is 16.8 Å². The highest BCUT2D eigenvalue weighted by Gasteiger charge is 2.12. The van der Waals surface area contributed by atoms with Gasteiger partial charge in [-0.05, 0) is 29.0 Å². The van der Waals surface area contributed by atoms with E-state index < -0.39 is 0 Å². The highest BCUT2D eigenvalue weighted by molar-refractivity contribution is 6.55. The number of hydrogen-bond donors (Lipinski definition) is 0. The average molecular weight is 500 g/mol. The first-order valence-electron chi connectivity index (χ1n) is 9.36. The number of ether oxygens (including phenoxy) is 3. The van der Waals surface area contributed by atoms with Gasteiger partial charge in [0.05, 0.1) is 28.8 Å². The van der Waals surface area contributed by atoms with E-state index in [0.717, 1.165) is 10.8 Å². The van der Waals surface area contributed by atoms with Gasteiger partial charge in [-0.25, -0.2) is 4.79 Å². The number of carbonyl (C=O) groups is 1. The van der Waals surface area contributed by atoms with Crippen molar-refractivity contribution in [2.24, 2.45) is 0 Å². The van der Waals surface area contributed by atoms with Crippen LogP contribution in [0.25, 0.3) is 10.8 Å². The summed E-state index contributed by atoms with van der Waals surface area (Å²) in [5, 5.41) is 2.66. The molecule has 0 unspecified atom stereocenters. The Bertz CT molecular complexity index is 1070. The second kappa shape index (κ2) is 11.5. The van der Waals surface area contributed by atoms with Crippen LogP contribution in [0.2, 0.25) is 10.0 Å². The Kier molecular flexibility index (Phi) is 8.73. The second-order valence-corrected chi connectivity index (χ2v) is 8.24. The zero-order chi connectivity index (χ0) is 22.2. The number of fused-ring (bicyclic) bond motifs is 1. The second-order valence-electron chi connectivity index (χ2n) is 6.42. The third kappa shape index (κ3) is 6.94. The average Bonchev–Trinajstić information content (AvgIpc) is 2.74.